The fourth-order valence-corrected chi connectivity index (χ4v) is 12.6. The van der Waals surface area contributed by atoms with Crippen LogP contribution >= 0.6 is 0 Å². The lowest BCUT2D eigenvalue weighted by molar-refractivity contribution is -0.696. The minimum atomic E-state index is -2.22. The molecule has 0 aliphatic carbocycles. The number of unbranched alkanes of at least 4 members (excludes halogenated alkanes) is 1. The fourth-order valence-electron chi connectivity index (χ4n) is 12.6. The van der Waals surface area contributed by atoms with E-state index in [2.05, 4.69) is 21.8 Å². The Labute approximate surface area is 528 Å². The van der Waals surface area contributed by atoms with Gasteiger partial charge in [-0.2, -0.15) is 0 Å². The van der Waals surface area contributed by atoms with Crippen molar-refractivity contribution in [2.45, 2.75) is 267 Å². The van der Waals surface area contributed by atoms with Gasteiger partial charge in [0.2, 0.25) is 6.33 Å². The smallest absolute Gasteiger partial charge is 0.243 e. The Kier molecular flexibility index (Phi) is 24.9. The third-order valence-corrected chi connectivity index (χ3v) is 17.9. The summed E-state index contributed by atoms with van der Waals surface area (Å²) in [5.41, 5.74) is 0.506. The van der Waals surface area contributed by atoms with Crippen LogP contribution in [0.15, 0.2) is 24.9 Å². The molecule has 0 radical (unpaired) electrons. The third kappa shape index (κ3) is 15.4. The van der Waals surface area contributed by atoms with E-state index in [9.17, 15) is 102 Å². The molecule has 21 saturated heterocycles. The van der Waals surface area contributed by atoms with Gasteiger partial charge in [-0.25, -0.2) is 13.8 Å². The van der Waals surface area contributed by atoms with Crippen LogP contribution in [0.2, 0.25) is 0 Å². The molecule has 14 bridgehead atoms. The summed E-state index contributed by atoms with van der Waals surface area (Å²) in [5, 5.41) is 234. The van der Waals surface area contributed by atoms with Gasteiger partial charge in [0.1, 0.15) is 183 Å². The summed E-state index contributed by atoms with van der Waals surface area (Å²) in [6.45, 7) is -3.11. The first-order valence-corrected chi connectivity index (χ1v) is 30.8. The molecule has 0 saturated carbocycles. The van der Waals surface area contributed by atoms with Gasteiger partial charge in [-0.1, -0.05) is 18.6 Å². The molecule has 0 amide bonds. The second-order valence-electron chi connectivity index (χ2n) is 24.2. The normalized spacial score (nSPS) is 47.9. The largest absolute Gasteiger partial charge is 0.394 e. The molecule has 35 atom stereocenters. The van der Waals surface area contributed by atoms with Gasteiger partial charge in [0, 0.05) is 6.20 Å². The Hall–Kier alpha value is -3.01. The van der Waals surface area contributed by atoms with E-state index in [4.69, 9.17) is 66.3 Å². The number of imidazole rings is 1. The van der Waals surface area contributed by atoms with Crippen molar-refractivity contribution in [2.24, 2.45) is 0 Å². The number of aromatic nitrogens is 5. The van der Waals surface area contributed by atoms with Crippen molar-refractivity contribution in [3.05, 3.63) is 30.6 Å². The zero-order valence-corrected chi connectivity index (χ0v) is 50.1. The number of hydrogen-bond acceptors (Lipinski definition) is 36. The average molecular weight is 1350 g/mol. The van der Waals surface area contributed by atoms with Gasteiger partial charge in [-0.05, 0) is 19.3 Å². The maximum Gasteiger partial charge on any atom is 0.243 e. The molecule has 39 nitrogen and oxygen atoms in total. The van der Waals surface area contributed by atoms with Crippen molar-refractivity contribution in [1.82, 2.24) is 19.6 Å². The number of ether oxygens (including phenoxy) is 14. The van der Waals surface area contributed by atoms with Crippen molar-refractivity contribution in [1.29, 1.82) is 0 Å². The number of rotatable bonds is 15. The predicted molar refractivity (Wildman–Crippen MR) is 289 cm³/mol. The van der Waals surface area contributed by atoms with Crippen molar-refractivity contribution in [3.8, 4) is 0 Å². The molecular formula is C54H88N5O34+. The van der Waals surface area contributed by atoms with Crippen LogP contribution in [0.5, 0.6) is 0 Å². The Bertz CT molecular complexity index is 2590. The van der Waals surface area contributed by atoms with Crippen LogP contribution in [0.3, 0.4) is 0 Å². The van der Waals surface area contributed by atoms with Crippen LogP contribution < -0.4 is 4.57 Å². The molecule has 0 spiro atoms. The molecule has 2 aromatic rings. The monoisotopic (exact) mass is 1350 g/mol. The molecule has 21 aliphatic heterocycles. The Morgan fingerprint density at radius 3 is 0.935 bits per heavy atom. The summed E-state index contributed by atoms with van der Waals surface area (Å²) in [6, 6.07) is 0. The molecule has 21 aliphatic rings. The standard InChI is InChI=1S/C54H88N5O34/c1-2-3-6-57-8-9-58(18-57)7-4-5-19-10-59(56-55-19)11-20-41-27(66)34(73)48(80-20)88-42-21(12-60)82-50(36(75)29(42)68)90-44-23(14-62)84-52(38(77)31(44)70)92-46-25(16-64)86-54(40(79)33(46)72)93-47-26(17-65)85-53(39(78)32(47)71)91-45-24(15-63)83-51(37(76)30(45)69)89-43-22(13-61)81-49(87-41)35(74)28(43)67/h8-10,18,20-54,60-79H,2-7,11-17H2,1H3/q+1/t20-,21-,22-,23-,24-,25-,26-,27-,28-,29-,30-,31-,32-,33-,34-,35?,36-,37-,38-,39-,40-,41-,42-,43-,44-,45-,46-,47-,48-,49-,50-,51-,52-,53-,54-/m1/s1. The van der Waals surface area contributed by atoms with Gasteiger partial charge in [-0.3, -0.25) is 0 Å². The second kappa shape index (κ2) is 31.9. The first-order chi connectivity index (χ1) is 44.6. The molecule has 93 heavy (non-hydrogen) atoms. The second-order valence-corrected chi connectivity index (χ2v) is 24.2. The van der Waals surface area contributed by atoms with E-state index in [0.29, 0.717) is 25.1 Å². The van der Waals surface area contributed by atoms with Gasteiger partial charge in [0.25, 0.3) is 0 Å². The Morgan fingerprint density at radius 2 is 0.656 bits per heavy atom. The molecule has 532 valence electrons. The minimum Gasteiger partial charge on any atom is -0.394 e. The van der Waals surface area contributed by atoms with Gasteiger partial charge >= 0.3 is 0 Å². The van der Waals surface area contributed by atoms with E-state index in [1.54, 1.807) is 6.20 Å². The molecule has 0 aromatic carbocycles. The first-order valence-electron chi connectivity index (χ1n) is 30.8. The van der Waals surface area contributed by atoms with Crippen LogP contribution in [0.25, 0.3) is 0 Å². The number of aliphatic hydroxyl groups is 20. The summed E-state index contributed by atoms with van der Waals surface area (Å²) in [7, 11) is 0. The molecule has 21 fully saturated rings. The quantitative estimate of drug-likeness (QED) is 0.0736. The van der Waals surface area contributed by atoms with E-state index in [1.807, 2.05) is 23.3 Å². The zero-order chi connectivity index (χ0) is 66.9. The van der Waals surface area contributed by atoms with E-state index in [-0.39, 0.29) is 0 Å². The molecule has 23 rings (SSSR count). The topological polar surface area (TPSA) is 573 Å². The summed E-state index contributed by atoms with van der Waals surface area (Å²) in [5.74, 6) is 0. The van der Waals surface area contributed by atoms with Gasteiger partial charge in [0.15, 0.2) is 44.0 Å². The van der Waals surface area contributed by atoms with Crippen LogP contribution in [-0.4, -0.2) is 376 Å². The van der Waals surface area contributed by atoms with Gasteiger partial charge in [0.05, 0.1) is 65.0 Å². The van der Waals surface area contributed by atoms with Crippen LogP contribution in [-0.2, 0) is 92.4 Å². The molecule has 1 unspecified atom stereocenters. The molecular weight excluding hydrogens is 1260 g/mol. The lowest BCUT2D eigenvalue weighted by Gasteiger charge is -2.50. The van der Waals surface area contributed by atoms with Gasteiger partial charge < -0.3 is 168 Å². The molecule has 39 heteroatoms. The van der Waals surface area contributed by atoms with E-state index >= 15 is 0 Å². The third-order valence-electron chi connectivity index (χ3n) is 17.9. The Morgan fingerprint density at radius 1 is 0.376 bits per heavy atom. The van der Waals surface area contributed by atoms with E-state index < -0.39 is 261 Å². The van der Waals surface area contributed by atoms with Crippen LogP contribution in [0.1, 0.15) is 31.9 Å². The highest BCUT2D eigenvalue weighted by Crippen LogP contribution is 2.39. The molecule has 2 aromatic heterocycles. The predicted octanol–water partition coefficient (Wildman–Crippen LogP) is -13.4. The highest BCUT2D eigenvalue weighted by atomic mass is 16.8. The highest BCUT2D eigenvalue weighted by Gasteiger charge is 2.60. The lowest BCUT2D eigenvalue weighted by Crippen LogP contribution is -2.68. The maximum atomic E-state index is 12.0. The van der Waals surface area contributed by atoms with Crippen molar-refractivity contribution in [2.75, 3.05) is 39.6 Å². The SMILES string of the molecule is CCCCn1cc[n+](CCCc2cn(C[C@H]3O[C@@H]4O[C@H]5[C@H](O)[C@@H](O)[C@@H](O[C@H]6[C@H](O)[C@@H](O)[C@@H](O[C@H]7[C@H](O)[C@@H](O)[C@@H](O[C@H]8[C@H](O)[C@@H](O)[C@@H](O[C@H]9[C@H](O)[C@@H](O)[C@@H](O[C@H]%10[C@H](O)C(O)[C@@H](O[C@H]3[C@H](O)[C@H]4O)O[C@@H]%10CO)O[C@@H]9CO)O[C@@H]8CO)O[C@@H]7CO)O[C@@H]6CO)O[C@@H]5CO)nn2)c1. The maximum absolute atomic E-state index is 12.0. The lowest BCUT2D eigenvalue weighted by atomic mass is 9.95. The summed E-state index contributed by atoms with van der Waals surface area (Å²) in [6.07, 6.45) is -59.7. The fraction of sp³-hybridized carbons (Fsp3) is 0.907. The first kappa shape index (κ1) is 72.7. The minimum absolute atomic E-state index is 0.406. The van der Waals surface area contributed by atoms with Gasteiger partial charge in [-0.15, -0.1) is 5.10 Å². The average Bonchev–Trinajstić information content (AvgIpc) is 0.830. The number of aliphatic hydroxyl groups excluding tert-OH is 20. The van der Waals surface area contributed by atoms with E-state index in [0.717, 1.165) is 19.4 Å². The Balaban J connectivity index is 0.931. The van der Waals surface area contributed by atoms with E-state index in [1.165, 1.54) is 4.68 Å². The van der Waals surface area contributed by atoms with Crippen LogP contribution in [0.4, 0.5) is 0 Å². The molecule has 20 N–H and O–H groups in total. The number of aryl methyl sites for hydroxylation is 3. The summed E-state index contributed by atoms with van der Waals surface area (Å²) < 4.78 is 87.4. The van der Waals surface area contributed by atoms with Crippen molar-refractivity contribution in [3.63, 3.8) is 0 Å². The van der Waals surface area contributed by atoms with Crippen molar-refractivity contribution >= 4 is 0 Å². The number of hydrogen-bond donors (Lipinski definition) is 20. The van der Waals surface area contributed by atoms with Crippen molar-refractivity contribution < 1.29 is 173 Å². The highest BCUT2D eigenvalue weighted by molar-refractivity contribution is 5.02. The summed E-state index contributed by atoms with van der Waals surface area (Å²) in [4.78, 5) is 0. The van der Waals surface area contributed by atoms with Crippen LogP contribution in [0, 0.1) is 0 Å². The number of nitrogens with zero attached hydrogens (tertiary/aromatic N) is 5. The summed E-state index contributed by atoms with van der Waals surface area (Å²) >= 11 is 0. The molecule has 23 heterocycles. The zero-order valence-electron chi connectivity index (χ0n) is 50.1.